The second-order valence-electron chi connectivity index (χ2n) is 5.23. The largest absolute Gasteiger partial charge is 0.329 e. The van der Waals surface area contributed by atoms with E-state index < -0.39 is 0 Å². The van der Waals surface area contributed by atoms with Gasteiger partial charge in [0.15, 0.2) is 0 Å². The van der Waals surface area contributed by atoms with E-state index in [0.29, 0.717) is 6.04 Å². The molecule has 0 radical (unpaired) electrons. The Hall–Kier alpha value is -1.55. The third kappa shape index (κ3) is 1.45. The SMILES string of the molecule is Cc1ccc2c(c1C)n(C)c(=O)n2C1CCNC1. The molecule has 96 valence electrons. The summed E-state index contributed by atoms with van der Waals surface area (Å²) in [6.07, 6.45) is 1.03. The van der Waals surface area contributed by atoms with Gasteiger partial charge in [-0.1, -0.05) is 6.07 Å². The summed E-state index contributed by atoms with van der Waals surface area (Å²) < 4.78 is 3.75. The third-order valence-electron chi connectivity index (χ3n) is 4.17. The van der Waals surface area contributed by atoms with Crippen LogP contribution < -0.4 is 11.0 Å². The average Bonchev–Trinajstić information content (AvgIpc) is 2.93. The van der Waals surface area contributed by atoms with Crippen LogP contribution in [0.5, 0.6) is 0 Å². The summed E-state index contributed by atoms with van der Waals surface area (Å²) in [6, 6.07) is 4.48. The predicted molar refractivity (Wildman–Crippen MR) is 73.2 cm³/mol. The Kier molecular flexibility index (Phi) is 2.55. The topological polar surface area (TPSA) is 39.0 Å². The van der Waals surface area contributed by atoms with Crippen molar-refractivity contribution in [1.29, 1.82) is 0 Å². The zero-order valence-electron chi connectivity index (χ0n) is 11.2. The fourth-order valence-electron chi connectivity index (χ4n) is 2.98. The molecule has 1 saturated heterocycles. The van der Waals surface area contributed by atoms with Gasteiger partial charge in [-0.2, -0.15) is 0 Å². The van der Waals surface area contributed by atoms with Crippen molar-refractivity contribution in [1.82, 2.24) is 14.5 Å². The van der Waals surface area contributed by atoms with Crippen LogP contribution >= 0.6 is 0 Å². The van der Waals surface area contributed by atoms with Gasteiger partial charge in [-0.15, -0.1) is 0 Å². The standard InChI is InChI=1S/C14H19N3O/c1-9-4-5-12-13(10(9)2)16(3)14(18)17(12)11-6-7-15-8-11/h4-5,11,15H,6-8H2,1-3H3. The zero-order chi connectivity index (χ0) is 12.9. The van der Waals surface area contributed by atoms with Gasteiger partial charge in [-0.05, 0) is 44.0 Å². The lowest BCUT2D eigenvalue weighted by atomic mass is 10.1. The molecule has 0 bridgehead atoms. The number of aromatic nitrogens is 2. The van der Waals surface area contributed by atoms with E-state index in [1.54, 1.807) is 4.57 Å². The van der Waals surface area contributed by atoms with Gasteiger partial charge in [0, 0.05) is 13.6 Å². The lowest BCUT2D eigenvalue weighted by molar-refractivity contribution is 0.535. The van der Waals surface area contributed by atoms with E-state index in [-0.39, 0.29) is 5.69 Å². The minimum atomic E-state index is 0.104. The molecule has 0 aliphatic carbocycles. The first-order chi connectivity index (χ1) is 8.61. The van der Waals surface area contributed by atoms with E-state index >= 15 is 0 Å². The van der Waals surface area contributed by atoms with Gasteiger partial charge < -0.3 is 5.32 Å². The Labute approximate surface area is 106 Å². The van der Waals surface area contributed by atoms with Crippen LogP contribution in [0.1, 0.15) is 23.6 Å². The van der Waals surface area contributed by atoms with Gasteiger partial charge in [-0.3, -0.25) is 9.13 Å². The number of imidazole rings is 1. The van der Waals surface area contributed by atoms with Crippen LogP contribution in [0.25, 0.3) is 11.0 Å². The molecule has 4 heteroatoms. The lowest BCUT2D eigenvalue weighted by Gasteiger charge is -2.11. The summed E-state index contributed by atoms with van der Waals surface area (Å²) >= 11 is 0. The molecule has 1 atom stereocenters. The van der Waals surface area contributed by atoms with Crippen LogP contribution in [0.4, 0.5) is 0 Å². The summed E-state index contributed by atoms with van der Waals surface area (Å²) in [5, 5.41) is 3.33. The van der Waals surface area contributed by atoms with Gasteiger partial charge in [0.25, 0.3) is 0 Å². The zero-order valence-corrected chi connectivity index (χ0v) is 11.2. The van der Waals surface area contributed by atoms with Crippen molar-refractivity contribution in [2.45, 2.75) is 26.3 Å². The molecule has 0 spiro atoms. The van der Waals surface area contributed by atoms with Gasteiger partial charge >= 0.3 is 5.69 Å². The highest BCUT2D eigenvalue weighted by atomic mass is 16.1. The van der Waals surface area contributed by atoms with Crippen LogP contribution in [0.2, 0.25) is 0 Å². The summed E-state index contributed by atoms with van der Waals surface area (Å²) in [7, 11) is 1.87. The van der Waals surface area contributed by atoms with Crippen molar-refractivity contribution in [3.63, 3.8) is 0 Å². The third-order valence-corrected chi connectivity index (χ3v) is 4.17. The van der Waals surface area contributed by atoms with Crippen molar-refractivity contribution in [2.24, 2.45) is 7.05 Å². The number of nitrogens with one attached hydrogen (secondary N) is 1. The van der Waals surface area contributed by atoms with Crippen LogP contribution in [-0.2, 0) is 7.05 Å². The average molecular weight is 245 g/mol. The van der Waals surface area contributed by atoms with Gasteiger partial charge in [-0.25, -0.2) is 4.79 Å². The fraction of sp³-hybridized carbons (Fsp3) is 0.500. The Bertz CT molecular complexity index is 660. The molecule has 1 aromatic carbocycles. The fourth-order valence-corrected chi connectivity index (χ4v) is 2.98. The maximum atomic E-state index is 12.4. The molecule has 4 nitrogen and oxygen atoms in total. The normalized spacial score (nSPS) is 19.8. The second-order valence-corrected chi connectivity index (χ2v) is 5.23. The van der Waals surface area contributed by atoms with Crippen molar-refractivity contribution in [3.8, 4) is 0 Å². The summed E-state index contributed by atoms with van der Waals surface area (Å²) in [5.41, 5.74) is 4.69. The molecule has 2 aromatic rings. The Morgan fingerprint density at radius 3 is 2.78 bits per heavy atom. The van der Waals surface area contributed by atoms with E-state index in [9.17, 15) is 4.79 Å². The van der Waals surface area contributed by atoms with E-state index in [2.05, 4.69) is 31.3 Å². The van der Waals surface area contributed by atoms with Crippen molar-refractivity contribution >= 4 is 11.0 Å². The number of nitrogens with zero attached hydrogens (tertiary/aromatic N) is 2. The molecule has 3 rings (SSSR count). The molecule has 1 N–H and O–H groups in total. The maximum absolute atomic E-state index is 12.4. The van der Waals surface area contributed by atoms with Crippen molar-refractivity contribution < 1.29 is 0 Å². The number of benzene rings is 1. The second kappa shape index (κ2) is 3.99. The van der Waals surface area contributed by atoms with Crippen LogP contribution in [0.3, 0.4) is 0 Å². The summed E-state index contributed by atoms with van der Waals surface area (Å²) in [6.45, 7) is 6.08. The highest BCUT2D eigenvalue weighted by Gasteiger charge is 2.23. The highest BCUT2D eigenvalue weighted by Crippen LogP contribution is 2.24. The molecule has 0 amide bonds. The van der Waals surface area contributed by atoms with Crippen molar-refractivity contribution in [3.05, 3.63) is 33.7 Å². The van der Waals surface area contributed by atoms with Crippen LogP contribution in [-0.4, -0.2) is 22.2 Å². The molecule has 0 saturated carbocycles. The smallest absolute Gasteiger partial charge is 0.315 e. The minimum Gasteiger partial charge on any atom is -0.315 e. The number of hydrogen-bond acceptors (Lipinski definition) is 2. The quantitative estimate of drug-likeness (QED) is 0.826. The van der Waals surface area contributed by atoms with E-state index in [1.807, 2.05) is 11.6 Å². The molecule has 1 fully saturated rings. The first kappa shape index (κ1) is 11.5. The molecular formula is C14H19N3O. The summed E-state index contributed by atoms with van der Waals surface area (Å²) in [5.74, 6) is 0. The maximum Gasteiger partial charge on any atom is 0.329 e. The van der Waals surface area contributed by atoms with E-state index in [4.69, 9.17) is 0 Å². The first-order valence-electron chi connectivity index (χ1n) is 6.49. The van der Waals surface area contributed by atoms with Crippen LogP contribution in [0.15, 0.2) is 16.9 Å². The van der Waals surface area contributed by atoms with Crippen LogP contribution in [0, 0.1) is 13.8 Å². The predicted octanol–water partition coefficient (Wildman–Crippen LogP) is 1.49. The molecular weight excluding hydrogens is 226 g/mol. The number of fused-ring (bicyclic) bond motifs is 1. The van der Waals surface area contributed by atoms with Gasteiger partial charge in [0.05, 0.1) is 17.1 Å². The van der Waals surface area contributed by atoms with Gasteiger partial charge in [0.1, 0.15) is 0 Å². The number of rotatable bonds is 1. The first-order valence-corrected chi connectivity index (χ1v) is 6.49. The molecule has 1 aliphatic rings. The Balaban J connectivity index is 2.36. The molecule has 1 aliphatic heterocycles. The van der Waals surface area contributed by atoms with Gasteiger partial charge in [0.2, 0.25) is 0 Å². The van der Waals surface area contributed by atoms with E-state index in [0.717, 1.165) is 30.5 Å². The molecule has 1 unspecified atom stereocenters. The van der Waals surface area contributed by atoms with E-state index in [1.165, 1.54) is 11.1 Å². The number of aryl methyl sites for hydroxylation is 3. The Morgan fingerprint density at radius 1 is 1.33 bits per heavy atom. The van der Waals surface area contributed by atoms with Crippen molar-refractivity contribution in [2.75, 3.05) is 13.1 Å². The minimum absolute atomic E-state index is 0.104. The highest BCUT2D eigenvalue weighted by molar-refractivity contribution is 5.81. The lowest BCUT2D eigenvalue weighted by Crippen LogP contribution is -2.27. The molecule has 18 heavy (non-hydrogen) atoms. The summed E-state index contributed by atoms with van der Waals surface area (Å²) in [4.78, 5) is 12.4. The Morgan fingerprint density at radius 2 is 2.11 bits per heavy atom. The monoisotopic (exact) mass is 245 g/mol. The number of hydrogen-bond donors (Lipinski definition) is 1. The molecule has 2 heterocycles. The molecule has 1 aromatic heterocycles.